The lowest BCUT2D eigenvalue weighted by molar-refractivity contribution is -0.124. The molecule has 3 nitrogen and oxygen atoms in total. The number of nitrogens with one attached hydrogen (secondary N) is 1. The van der Waals surface area contributed by atoms with Crippen molar-refractivity contribution in [1.29, 1.82) is 0 Å². The molecule has 0 spiro atoms. The lowest BCUT2D eigenvalue weighted by Crippen LogP contribution is -2.42. The molecule has 2 aliphatic rings. The van der Waals surface area contributed by atoms with E-state index in [9.17, 15) is 4.79 Å². The Hall–Kier alpha value is -1.22. The van der Waals surface area contributed by atoms with Crippen LogP contribution in [0.5, 0.6) is 5.75 Å². The predicted molar refractivity (Wildman–Crippen MR) is 83.5 cm³/mol. The highest BCUT2D eigenvalue weighted by atomic mass is 35.5. The molecule has 4 heteroatoms. The van der Waals surface area contributed by atoms with Crippen molar-refractivity contribution in [3.8, 4) is 5.75 Å². The van der Waals surface area contributed by atoms with Crippen molar-refractivity contribution >= 4 is 17.5 Å². The van der Waals surface area contributed by atoms with Crippen LogP contribution in [0, 0.1) is 17.8 Å². The number of halogens is 1. The fourth-order valence-electron chi connectivity index (χ4n) is 4.01. The highest BCUT2D eigenvalue weighted by molar-refractivity contribution is 6.30. The summed E-state index contributed by atoms with van der Waals surface area (Å²) in [5.74, 6) is 2.95. The summed E-state index contributed by atoms with van der Waals surface area (Å²) in [4.78, 5) is 12.0. The van der Waals surface area contributed by atoms with Crippen LogP contribution >= 0.6 is 11.6 Å². The number of rotatable bonds is 5. The quantitative estimate of drug-likeness (QED) is 0.901. The summed E-state index contributed by atoms with van der Waals surface area (Å²) >= 11 is 5.89. The van der Waals surface area contributed by atoms with Gasteiger partial charge in [0.25, 0.3) is 5.91 Å². The molecule has 1 N–H and O–H groups in total. The molecule has 21 heavy (non-hydrogen) atoms. The van der Waals surface area contributed by atoms with Gasteiger partial charge in [0.2, 0.25) is 0 Å². The molecule has 0 saturated heterocycles. The monoisotopic (exact) mass is 307 g/mol. The maximum absolute atomic E-state index is 12.0. The molecule has 114 valence electrons. The summed E-state index contributed by atoms with van der Waals surface area (Å²) in [6.45, 7) is 2.17. The van der Waals surface area contributed by atoms with Crippen LogP contribution in [-0.2, 0) is 4.79 Å². The normalized spacial score (nSPS) is 28.4. The molecule has 2 bridgehead atoms. The van der Waals surface area contributed by atoms with Gasteiger partial charge in [-0.05, 0) is 62.1 Å². The van der Waals surface area contributed by atoms with Gasteiger partial charge in [-0.15, -0.1) is 0 Å². The summed E-state index contributed by atoms with van der Waals surface area (Å²) < 4.78 is 5.48. The van der Waals surface area contributed by atoms with E-state index in [2.05, 4.69) is 12.2 Å². The number of carbonyl (C=O) groups is 1. The van der Waals surface area contributed by atoms with Crippen molar-refractivity contribution in [2.24, 2.45) is 17.8 Å². The van der Waals surface area contributed by atoms with Gasteiger partial charge in [-0.25, -0.2) is 0 Å². The number of ether oxygens (including phenoxy) is 1. The summed E-state index contributed by atoms with van der Waals surface area (Å²) in [6.07, 6.45) is 5.37. The third-order valence-corrected chi connectivity index (χ3v) is 5.22. The minimum atomic E-state index is -0.0507. The van der Waals surface area contributed by atoms with Crippen LogP contribution in [0.2, 0.25) is 5.02 Å². The van der Waals surface area contributed by atoms with E-state index in [1.807, 2.05) is 6.07 Å². The Morgan fingerprint density at radius 1 is 1.43 bits per heavy atom. The Morgan fingerprint density at radius 3 is 2.95 bits per heavy atom. The minimum Gasteiger partial charge on any atom is -0.484 e. The lowest BCUT2D eigenvalue weighted by atomic mass is 9.84. The van der Waals surface area contributed by atoms with Gasteiger partial charge in [0.05, 0.1) is 0 Å². The van der Waals surface area contributed by atoms with Gasteiger partial charge >= 0.3 is 0 Å². The van der Waals surface area contributed by atoms with E-state index in [4.69, 9.17) is 16.3 Å². The van der Waals surface area contributed by atoms with Crippen LogP contribution in [0.25, 0.3) is 0 Å². The second-order valence-electron chi connectivity index (χ2n) is 6.44. The fraction of sp³-hybridized carbons (Fsp3) is 0.588. The Bertz CT molecular complexity index is 519. The number of amides is 1. The highest BCUT2D eigenvalue weighted by Crippen LogP contribution is 2.49. The number of carbonyl (C=O) groups excluding carboxylic acids is 1. The van der Waals surface area contributed by atoms with Crippen molar-refractivity contribution in [2.45, 2.75) is 38.6 Å². The SMILES string of the molecule is C[C@@H](NC(=O)COc1cccc(Cl)c1)[C@H]1C[C@H]2CC[C@H]1C2. The van der Waals surface area contributed by atoms with Gasteiger partial charge in [0, 0.05) is 11.1 Å². The van der Waals surface area contributed by atoms with Gasteiger partial charge < -0.3 is 10.1 Å². The highest BCUT2D eigenvalue weighted by Gasteiger charge is 2.42. The zero-order chi connectivity index (χ0) is 14.8. The number of hydrogen-bond acceptors (Lipinski definition) is 2. The molecular formula is C17H22ClNO2. The molecular weight excluding hydrogens is 286 g/mol. The second kappa shape index (κ2) is 6.27. The van der Waals surface area contributed by atoms with Crippen molar-refractivity contribution < 1.29 is 9.53 Å². The average molecular weight is 308 g/mol. The van der Waals surface area contributed by atoms with Gasteiger partial charge in [-0.3, -0.25) is 4.79 Å². The van der Waals surface area contributed by atoms with Crippen molar-refractivity contribution in [2.75, 3.05) is 6.61 Å². The molecule has 1 aromatic rings. The van der Waals surface area contributed by atoms with Gasteiger partial charge in [-0.2, -0.15) is 0 Å². The van der Waals surface area contributed by atoms with E-state index < -0.39 is 0 Å². The van der Waals surface area contributed by atoms with E-state index in [1.165, 1.54) is 25.7 Å². The maximum atomic E-state index is 12.0. The summed E-state index contributed by atoms with van der Waals surface area (Å²) in [6, 6.07) is 7.36. The Balaban J connectivity index is 1.46. The predicted octanol–water partition coefficient (Wildman–Crippen LogP) is 3.66. The number of hydrogen-bond donors (Lipinski definition) is 1. The van der Waals surface area contributed by atoms with Gasteiger partial charge in [-0.1, -0.05) is 24.1 Å². The Kier molecular flexibility index (Phi) is 4.39. The zero-order valence-corrected chi connectivity index (χ0v) is 13.1. The summed E-state index contributed by atoms with van der Waals surface area (Å²) in [5, 5.41) is 3.71. The molecule has 2 aliphatic carbocycles. The van der Waals surface area contributed by atoms with Crippen LogP contribution in [-0.4, -0.2) is 18.6 Å². The second-order valence-corrected chi connectivity index (χ2v) is 6.88. The molecule has 0 unspecified atom stereocenters. The third-order valence-electron chi connectivity index (χ3n) is 4.99. The first kappa shape index (κ1) is 14.7. The molecule has 2 fully saturated rings. The molecule has 1 aromatic carbocycles. The Morgan fingerprint density at radius 2 is 2.29 bits per heavy atom. The van der Waals surface area contributed by atoms with Crippen molar-refractivity contribution in [3.05, 3.63) is 29.3 Å². The first-order chi connectivity index (χ1) is 10.1. The number of fused-ring (bicyclic) bond motifs is 2. The average Bonchev–Trinajstić information content (AvgIpc) is 3.08. The third kappa shape index (κ3) is 3.52. The van der Waals surface area contributed by atoms with Crippen LogP contribution in [0.1, 0.15) is 32.6 Å². The lowest BCUT2D eigenvalue weighted by Gasteiger charge is -2.28. The smallest absolute Gasteiger partial charge is 0.258 e. The molecule has 0 aromatic heterocycles. The van der Waals surface area contributed by atoms with Crippen molar-refractivity contribution in [3.63, 3.8) is 0 Å². The van der Waals surface area contributed by atoms with Gasteiger partial charge in [0.1, 0.15) is 5.75 Å². The van der Waals surface area contributed by atoms with Crippen LogP contribution in [0.15, 0.2) is 24.3 Å². The molecule has 2 saturated carbocycles. The van der Waals surface area contributed by atoms with E-state index in [0.29, 0.717) is 16.7 Å². The van der Waals surface area contributed by atoms with Crippen LogP contribution in [0.3, 0.4) is 0 Å². The largest absolute Gasteiger partial charge is 0.484 e. The van der Waals surface area contributed by atoms with E-state index in [1.54, 1.807) is 18.2 Å². The summed E-state index contributed by atoms with van der Waals surface area (Å²) in [5.41, 5.74) is 0. The molecule has 1 amide bonds. The van der Waals surface area contributed by atoms with E-state index in [0.717, 1.165) is 11.8 Å². The fourth-order valence-corrected chi connectivity index (χ4v) is 4.19. The Labute approximate surface area is 131 Å². The van der Waals surface area contributed by atoms with Crippen LogP contribution in [0.4, 0.5) is 0 Å². The molecule has 4 atom stereocenters. The van der Waals surface area contributed by atoms with Crippen LogP contribution < -0.4 is 10.1 Å². The van der Waals surface area contributed by atoms with Gasteiger partial charge in [0.15, 0.2) is 6.61 Å². The topological polar surface area (TPSA) is 38.3 Å². The first-order valence-electron chi connectivity index (χ1n) is 7.79. The molecule has 0 aliphatic heterocycles. The first-order valence-corrected chi connectivity index (χ1v) is 8.17. The summed E-state index contributed by atoms with van der Waals surface area (Å²) in [7, 11) is 0. The maximum Gasteiger partial charge on any atom is 0.258 e. The van der Waals surface area contributed by atoms with Crippen molar-refractivity contribution in [1.82, 2.24) is 5.32 Å². The van der Waals surface area contributed by atoms with E-state index in [-0.39, 0.29) is 18.6 Å². The number of benzene rings is 1. The minimum absolute atomic E-state index is 0.0471. The molecule has 0 radical (unpaired) electrons. The molecule has 0 heterocycles. The standard InChI is InChI=1S/C17H22ClNO2/c1-11(16-8-12-5-6-13(16)7-12)19-17(20)10-21-15-4-2-3-14(18)9-15/h2-4,9,11-13,16H,5-8,10H2,1H3,(H,19,20)/t11-,12+,13+,16-/m1/s1. The van der Waals surface area contributed by atoms with E-state index >= 15 is 0 Å². The zero-order valence-electron chi connectivity index (χ0n) is 12.3. The molecule has 3 rings (SSSR count).